The Balaban J connectivity index is 1.93. The number of hydrogen-bond donors (Lipinski definition) is 3. The molecule has 0 saturated carbocycles. The number of nitrogens with two attached hydrogens (primary N) is 1. The Hall–Kier alpha value is -2.48. The van der Waals surface area contributed by atoms with Gasteiger partial charge in [0.1, 0.15) is 29.6 Å². The lowest BCUT2D eigenvalue weighted by Crippen LogP contribution is -2.07. The number of ether oxygens (including phenoxy) is 1. The fraction of sp³-hybridized carbons (Fsp3) is 0.333. The van der Waals surface area contributed by atoms with E-state index in [-0.39, 0.29) is 0 Å². The minimum Gasteiger partial charge on any atom is -0.385 e. The maximum atomic E-state index is 5.48. The lowest BCUT2D eigenvalue weighted by atomic mass is 10.4. The molecule has 2 rings (SSSR count). The van der Waals surface area contributed by atoms with Crippen LogP contribution in [-0.2, 0) is 4.74 Å². The van der Waals surface area contributed by atoms with Crippen LogP contribution in [0, 0.1) is 0 Å². The first-order valence-corrected chi connectivity index (χ1v) is 6.17. The zero-order valence-corrected chi connectivity index (χ0v) is 11.2. The summed E-state index contributed by atoms with van der Waals surface area (Å²) < 4.78 is 4.98. The van der Waals surface area contributed by atoms with Gasteiger partial charge in [0, 0.05) is 26.3 Å². The van der Waals surface area contributed by atoms with Crippen LogP contribution in [0.3, 0.4) is 0 Å². The van der Waals surface area contributed by atoms with Gasteiger partial charge in [-0.15, -0.1) is 0 Å². The molecule has 2 aromatic rings. The monoisotopic (exact) mass is 275 g/mol. The van der Waals surface area contributed by atoms with Crippen LogP contribution in [0.1, 0.15) is 6.42 Å². The van der Waals surface area contributed by atoms with Crippen molar-refractivity contribution in [1.82, 2.24) is 19.9 Å². The Morgan fingerprint density at radius 1 is 1.10 bits per heavy atom. The van der Waals surface area contributed by atoms with Crippen LogP contribution in [0.5, 0.6) is 0 Å². The van der Waals surface area contributed by atoms with Crippen LogP contribution in [0.2, 0.25) is 0 Å². The molecule has 0 spiro atoms. The third-order valence-electron chi connectivity index (χ3n) is 2.43. The largest absolute Gasteiger partial charge is 0.385 e. The van der Waals surface area contributed by atoms with Crippen molar-refractivity contribution >= 4 is 23.3 Å². The molecule has 0 aromatic carbocycles. The molecule has 4 N–H and O–H groups in total. The number of hydrogen-bond acceptors (Lipinski definition) is 8. The maximum Gasteiger partial charge on any atom is 0.150 e. The summed E-state index contributed by atoms with van der Waals surface area (Å²) in [5, 5.41) is 6.22. The van der Waals surface area contributed by atoms with E-state index in [0.717, 1.165) is 18.8 Å². The first-order valence-electron chi connectivity index (χ1n) is 6.17. The van der Waals surface area contributed by atoms with Gasteiger partial charge in [-0.2, -0.15) is 0 Å². The SMILES string of the molecule is COCCCNc1cc(Nc2cnc(N)cn2)ncn1. The van der Waals surface area contributed by atoms with E-state index in [2.05, 4.69) is 30.6 Å². The normalized spacial score (nSPS) is 10.2. The lowest BCUT2D eigenvalue weighted by molar-refractivity contribution is 0.198. The van der Waals surface area contributed by atoms with Gasteiger partial charge < -0.3 is 21.1 Å². The Kier molecular flexibility index (Phi) is 5.01. The first kappa shape index (κ1) is 13.9. The van der Waals surface area contributed by atoms with Gasteiger partial charge in [0.05, 0.1) is 12.4 Å². The van der Waals surface area contributed by atoms with Crippen molar-refractivity contribution in [1.29, 1.82) is 0 Å². The third kappa shape index (κ3) is 4.32. The summed E-state index contributed by atoms with van der Waals surface area (Å²) in [5.74, 6) is 2.32. The highest BCUT2D eigenvalue weighted by Crippen LogP contribution is 2.13. The topological polar surface area (TPSA) is 111 Å². The molecule has 0 unspecified atom stereocenters. The van der Waals surface area contributed by atoms with Crippen molar-refractivity contribution < 1.29 is 4.74 Å². The first-order chi connectivity index (χ1) is 9.78. The lowest BCUT2D eigenvalue weighted by Gasteiger charge is -2.07. The van der Waals surface area contributed by atoms with Gasteiger partial charge in [-0.25, -0.2) is 19.9 Å². The number of methoxy groups -OCH3 is 1. The fourth-order valence-corrected chi connectivity index (χ4v) is 1.49. The molecule has 8 nitrogen and oxygen atoms in total. The van der Waals surface area contributed by atoms with Crippen molar-refractivity contribution in [2.45, 2.75) is 6.42 Å². The minimum atomic E-state index is 0.374. The quantitative estimate of drug-likeness (QED) is 0.643. The van der Waals surface area contributed by atoms with Gasteiger partial charge in [-0.05, 0) is 6.42 Å². The van der Waals surface area contributed by atoms with Gasteiger partial charge in [-0.1, -0.05) is 0 Å². The van der Waals surface area contributed by atoms with Gasteiger partial charge in [-0.3, -0.25) is 0 Å². The summed E-state index contributed by atoms with van der Waals surface area (Å²) in [4.78, 5) is 16.3. The molecule has 0 atom stereocenters. The molecular formula is C12H17N7O. The molecule has 0 saturated heterocycles. The molecule has 106 valence electrons. The summed E-state index contributed by atoms with van der Waals surface area (Å²) in [6, 6.07) is 1.80. The van der Waals surface area contributed by atoms with Gasteiger partial charge in [0.25, 0.3) is 0 Å². The predicted molar refractivity (Wildman–Crippen MR) is 76.7 cm³/mol. The predicted octanol–water partition coefficient (Wildman–Crippen LogP) is 1.04. The van der Waals surface area contributed by atoms with Gasteiger partial charge in [0.2, 0.25) is 0 Å². The van der Waals surface area contributed by atoms with E-state index in [1.807, 2.05) is 0 Å². The highest BCUT2D eigenvalue weighted by molar-refractivity contribution is 5.55. The van der Waals surface area contributed by atoms with Gasteiger partial charge in [0.15, 0.2) is 0 Å². The minimum absolute atomic E-state index is 0.374. The summed E-state index contributed by atoms with van der Waals surface area (Å²) in [7, 11) is 1.68. The van der Waals surface area contributed by atoms with Crippen molar-refractivity contribution in [2.24, 2.45) is 0 Å². The van der Waals surface area contributed by atoms with Crippen LogP contribution >= 0.6 is 0 Å². The summed E-state index contributed by atoms with van der Waals surface area (Å²) >= 11 is 0. The Morgan fingerprint density at radius 3 is 2.70 bits per heavy atom. The highest BCUT2D eigenvalue weighted by Gasteiger charge is 2.00. The van der Waals surface area contributed by atoms with Crippen LogP contribution in [0.4, 0.5) is 23.3 Å². The third-order valence-corrected chi connectivity index (χ3v) is 2.43. The highest BCUT2D eigenvalue weighted by atomic mass is 16.5. The number of nitrogens with zero attached hydrogens (tertiary/aromatic N) is 4. The summed E-state index contributed by atoms with van der Waals surface area (Å²) in [6.45, 7) is 1.50. The fourth-order valence-electron chi connectivity index (χ4n) is 1.49. The second kappa shape index (κ2) is 7.19. The van der Waals surface area contributed by atoms with Crippen LogP contribution in [0.25, 0.3) is 0 Å². The summed E-state index contributed by atoms with van der Waals surface area (Å²) in [5.41, 5.74) is 5.48. The zero-order chi connectivity index (χ0) is 14.2. The molecule has 0 aliphatic heterocycles. The molecule has 2 heterocycles. The molecule has 8 heteroatoms. The average Bonchev–Trinajstić information content (AvgIpc) is 2.47. The molecule has 0 aliphatic carbocycles. The van der Waals surface area contributed by atoms with Crippen molar-refractivity contribution in [3.63, 3.8) is 0 Å². The van der Waals surface area contributed by atoms with E-state index in [1.165, 1.54) is 12.5 Å². The number of nitrogen functional groups attached to an aromatic ring is 1. The molecule has 20 heavy (non-hydrogen) atoms. The van der Waals surface area contributed by atoms with E-state index in [0.29, 0.717) is 24.1 Å². The molecule has 2 aromatic heterocycles. The average molecular weight is 275 g/mol. The molecule has 0 fully saturated rings. The molecular weight excluding hydrogens is 258 g/mol. The van der Waals surface area contributed by atoms with Crippen molar-refractivity contribution in [2.75, 3.05) is 36.6 Å². The standard InChI is InChI=1S/C12H17N7O/c1-20-4-2-3-14-10-5-11(18-8-17-10)19-12-7-15-9(13)6-16-12/h5-8H,2-4H2,1H3,(H2,13,15)(H2,14,16,17,18,19). The Bertz CT molecular complexity index is 532. The number of nitrogens with one attached hydrogen (secondary N) is 2. The maximum absolute atomic E-state index is 5.48. The second-order valence-electron chi connectivity index (χ2n) is 4.01. The molecule has 0 aliphatic rings. The zero-order valence-electron chi connectivity index (χ0n) is 11.2. The van der Waals surface area contributed by atoms with Gasteiger partial charge >= 0.3 is 0 Å². The van der Waals surface area contributed by atoms with Crippen molar-refractivity contribution in [3.05, 3.63) is 24.8 Å². The molecule has 0 amide bonds. The molecule has 0 radical (unpaired) electrons. The van der Waals surface area contributed by atoms with E-state index >= 15 is 0 Å². The number of rotatable bonds is 7. The van der Waals surface area contributed by atoms with E-state index in [9.17, 15) is 0 Å². The smallest absolute Gasteiger partial charge is 0.150 e. The van der Waals surface area contributed by atoms with Crippen LogP contribution < -0.4 is 16.4 Å². The van der Waals surface area contributed by atoms with E-state index in [4.69, 9.17) is 10.5 Å². The van der Waals surface area contributed by atoms with Crippen LogP contribution in [0.15, 0.2) is 24.8 Å². The number of aromatic nitrogens is 4. The van der Waals surface area contributed by atoms with E-state index < -0.39 is 0 Å². The second-order valence-corrected chi connectivity index (χ2v) is 4.01. The van der Waals surface area contributed by atoms with Crippen LogP contribution in [-0.4, -0.2) is 40.2 Å². The van der Waals surface area contributed by atoms with Crippen molar-refractivity contribution in [3.8, 4) is 0 Å². The Morgan fingerprint density at radius 2 is 1.95 bits per heavy atom. The van der Waals surface area contributed by atoms with E-state index in [1.54, 1.807) is 19.4 Å². The molecule has 0 bridgehead atoms. The Labute approximate surface area is 116 Å². The summed E-state index contributed by atoms with van der Waals surface area (Å²) in [6.07, 6.45) is 5.41. The number of anilines is 4.